The topological polar surface area (TPSA) is 198 Å². The SMILES string of the molecule is O=C1C(=Nc2cc3c(s2)-c2cc4c(cc2C3(C(=O)OCc2ccccc2)C(=O)OCc2ccccc2)-c2sc(N=C3C(=O)C5CC6CCCCC6CC5C3=O)cc2C4(C(=O)OCc2ccccc2)C(=O)OCc2ccccc2)C(=O)C2CC3CCCCC3CC12. The van der Waals surface area contributed by atoms with E-state index in [1.165, 1.54) is 0 Å². The fraction of sp³-hybridized carbons (Fsp3) is 0.351. The number of Topliss-reactive ketones (excluding diaryl/α,β-unsaturated/α-hetero) is 4. The zero-order chi connectivity index (χ0) is 61.4. The van der Waals surface area contributed by atoms with Gasteiger partial charge in [-0.2, -0.15) is 0 Å². The van der Waals surface area contributed by atoms with E-state index in [2.05, 4.69) is 0 Å². The summed E-state index contributed by atoms with van der Waals surface area (Å²) in [6.07, 6.45) is 11.0. The molecule has 0 radical (unpaired) electrons. The monoisotopic (exact) mass is 1240 g/mol. The Hall–Kier alpha value is -8.60. The number of carbonyl (C=O) groups excluding carboxylic acids is 8. The lowest BCUT2D eigenvalue weighted by Crippen LogP contribution is -2.46. The van der Waals surface area contributed by atoms with E-state index in [4.69, 9.17) is 28.9 Å². The molecule has 5 aromatic carbocycles. The van der Waals surface area contributed by atoms with E-state index in [-0.39, 0.29) is 104 Å². The number of aliphatic imine (C=N–C) groups is 2. The van der Waals surface area contributed by atoms with Crippen molar-refractivity contribution in [1.82, 2.24) is 0 Å². The summed E-state index contributed by atoms with van der Waals surface area (Å²) < 4.78 is 25.2. The van der Waals surface area contributed by atoms with Gasteiger partial charge >= 0.3 is 23.9 Å². The number of nitrogens with zero attached hydrogens (tertiary/aromatic N) is 2. The van der Waals surface area contributed by atoms with Gasteiger partial charge in [-0.1, -0.05) is 173 Å². The predicted octanol–water partition coefficient (Wildman–Crippen LogP) is 13.4. The van der Waals surface area contributed by atoms with Crippen molar-refractivity contribution in [2.24, 2.45) is 57.3 Å². The van der Waals surface area contributed by atoms with E-state index in [9.17, 15) is 19.2 Å². The zero-order valence-corrected chi connectivity index (χ0v) is 51.0. The van der Waals surface area contributed by atoms with Crippen LogP contribution in [0.2, 0.25) is 0 Å². The van der Waals surface area contributed by atoms with E-state index < -0.39 is 58.4 Å². The summed E-state index contributed by atoms with van der Waals surface area (Å²) >= 11 is 2.11. The number of esters is 4. The molecular formula is C74H64N2O12S2. The molecular weight excluding hydrogens is 1170 g/mol. The minimum Gasteiger partial charge on any atom is -0.459 e. The molecule has 8 unspecified atom stereocenters. The third-order valence-corrected chi connectivity index (χ3v) is 23.0. The first-order valence-electron chi connectivity index (χ1n) is 31.6. The number of carbonyl (C=O) groups is 8. The molecule has 8 aliphatic carbocycles. The van der Waals surface area contributed by atoms with Crippen molar-refractivity contribution < 1.29 is 57.3 Å². The molecule has 14 nitrogen and oxygen atoms in total. The normalized spacial score (nSPS) is 24.5. The van der Waals surface area contributed by atoms with Crippen LogP contribution in [0.15, 0.2) is 156 Å². The Balaban J connectivity index is 0.929. The maximum atomic E-state index is 16.0. The fourth-order valence-electron chi connectivity index (χ4n) is 16.4. The summed E-state index contributed by atoms with van der Waals surface area (Å²) in [4.78, 5) is 132. The lowest BCUT2D eigenvalue weighted by Gasteiger charge is -2.39. The molecule has 2 heterocycles. The van der Waals surface area contributed by atoms with Crippen molar-refractivity contribution in [1.29, 1.82) is 0 Å². The highest BCUT2D eigenvalue weighted by molar-refractivity contribution is 7.20. The second-order valence-electron chi connectivity index (χ2n) is 25.7. The van der Waals surface area contributed by atoms with Crippen molar-refractivity contribution in [3.63, 3.8) is 0 Å². The van der Waals surface area contributed by atoms with E-state index in [0.29, 0.717) is 81.4 Å². The van der Waals surface area contributed by atoms with Crippen LogP contribution in [-0.4, -0.2) is 58.4 Å². The van der Waals surface area contributed by atoms with Crippen LogP contribution in [0.5, 0.6) is 0 Å². The molecule has 7 aromatic rings. The number of benzene rings is 5. The van der Waals surface area contributed by atoms with Gasteiger partial charge in [-0.05, 0) is 118 Å². The van der Waals surface area contributed by atoms with Gasteiger partial charge in [0.05, 0.1) is 0 Å². The van der Waals surface area contributed by atoms with Crippen LogP contribution in [0.4, 0.5) is 10.0 Å². The third-order valence-electron chi connectivity index (χ3n) is 20.8. The van der Waals surface area contributed by atoms with Gasteiger partial charge in [-0.15, -0.1) is 22.7 Å². The van der Waals surface area contributed by atoms with Crippen LogP contribution in [0.25, 0.3) is 20.9 Å². The molecule has 0 N–H and O–H groups in total. The first-order valence-corrected chi connectivity index (χ1v) is 33.2. The molecule has 0 saturated heterocycles. The second-order valence-corrected chi connectivity index (χ2v) is 27.8. The van der Waals surface area contributed by atoms with Crippen molar-refractivity contribution in [2.45, 2.75) is 114 Å². The van der Waals surface area contributed by atoms with E-state index >= 15 is 19.2 Å². The predicted molar refractivity (Wildman–Crippen MR) is 337 cm³/mol. The smallest absolute Gasteiger partial charge is 0.333 e. The molecule has 90 heavy (non-hydrogen) atoms. The van der Waals surface area contributed by atoms with Gasteiger partial charge in [0.1, 0.15) is 36.4 Å². The molecule has 8 atom stereocenters. The zero-order valence-electron chi connectivity index (χ0n) is 49.4. The van der Waals surface area contributed by atoms with Gasteiger partial charge in [0.25, 0.3) is 0 Å². The Kier molecular flexibility index (Phi) is 15.0. The summed E-state index contributed by atoms with van der Waals surface area (Å²) in [5, 5.41) is 0.339. The molecule has 2 aromatic heterocycles. The molecule has 8 aliphatic rings. The third kappa shape index (κ3) is 9.61. The van der Waals surface area contributed by atoms with Gasteiger partial charge in [0.15, 0.2) is 34.6 Å². The van der Waals surface area contributed by atoms with Crippen molar-refractivity contribution >= 4 is 91.1 Å². The molecule has 0 spiro atoms. The standard InChI is InChI=1S/C74H64N2O12S2/c77-63-49-29-45-25-13-14-26-46(45)30-50(49)64(78)61(63)75-59-35-57-67(89-59)53-34-56-54(33-55(53)73(57,69(81)85-37-41-17-5-1-6-18-41)70(82)86-38-42-19-7-2-8-20-42)68-58(36-60(90-68)76-62-65(79)51-31-47-27-15-16-28-48(47)32-52(51)66(62)80)74(56,71(83)87-39-43-21-9-3-10-22-43)72(84)88-40-44-23-11-4-12-24-44/h1-12,17-24,33-36,45-52H,13-16,25-32,37-40H2. The number of hydrogen-bond donors (Lipinski definition) is 0. The Bertz CT molecular complexity index is 3720. The van der Waals surface area contributed by atoms with Crippen LogP contribution in [0.3, 0.4) is 0 Å². The summed E-state index contributed by atoms with van der Waals surface area (Å²) in [7, 11) is 0. The average Bonchev–Trinajstić information content (AvgIpc) is 1.51. The van der Waals surface area contributed by atoms with Crippen molar-refractivity contribution in [3.8, 4) is 20.9 Å². The van der Waals surface area contributed by atoms with Gasteiger partial charge in [-0.3, -0.25) is 38.4 Å². The summed E-state index contributed by atoms with van der Waals surface area (Å²) in [6.45, 7) is -1.00. The number of ether oxygens (including phenoxy) is 4. The number of fused-ring (bicyclic) bond motifs is 10. The highest BCUT2D eigenvalue weighted by Gasteiger charge is 2.64. The molecule has 6 fully saturated rings. The maximum absolute atomic E-state index is 16.0. The van der Waals surface area contributed by atoms with Crippen LogP contribution < -0.4 is 0 Å². The molecule has 454 valence electrons. The number of thiophene rings is 2. The van der Waals surface area contributed by atoms with E-state index in [1.807, 2.05) is 24.3 Å². The first-order chi connectivity index (χ1) is 43.9. The van der Waals surface area contributed by atoms with E-state index in [0.717, 1.165) is 74.0 Å². The van der Waals surface area contributed by atoms with Crippen LogP contribution >= 0.6 is 22.7 Å². The largest absolute Gasteiger partial charge is 0.459 e. The quantitative estimate of drug-likeness (QED) is 0.0568. The van der Waals surface area contributed by atoms with Crippen LogP contribution in [-0.2, 0) is 94.6 Å². The maximum Gasteiger partial charge on any atom is 0.333 e. The summed E-state index contributed by atoms with van der Waals surface area (Å²) in [5.74, 6) is -5.73. The Labute approximate surface area is 528 Å². The minimum atomic E-state index is -2.44. The van der Waals surface area contributed by atoms with Gasteiger partial charge in [0, 0.05) is 44.6 Å². The Morgan fingerprint density at radius 2 is 0.644 bits per heavy atom. The second kappa shape index (κ2) is 23.3. The van der Waals surface area contributed by atoms with Crippen LogP contribution in [0, 0.1) is 47.3 Å². The van der Waals surface area contributed by atoms with Gasteiger partial charge < -0.3 is 18.9 Å². The van der Waals surface area contributed by atoms with Crippen molar-refractivity contribution in [3.05, 3.63) is 190 Å². The number of hydrogen-bond acceptors (Lipinski definition) is 16. The number of ketones is 4. The molecule has 0 amide bonds. The summed E-state index contributed by atoms with van der Waals surface area (Å²) in [6, 6.07) is 42.4. The first kappa shape index (κ1) is 57.8. The highest BCUT2D eigenvalue weighted by Crippen LogP contribution is 2.63. The molecule has 0 aliphatic heterocycles. The minimum absolute atomic E-state index is 0.101. The van der Waals surface area contributed by atoms with Gasteiger partial charge in [0.2, 0.25) is 10.8 Å². The Morgan fingerprint density at radius 1 is 0.378 bits per heavy atom. The highest BCUT2D eigenvalue weighted by atomic mass is 32.1. The average molecular weight is 1240 g/mol. The van der Waals surface area contributed by atoms with E-state index in [1.54, 1.807) is 121 Å². The molecule has 16 heteroatoms. The fourth-order valence-corrected chi connectivity index (χ4v) is 18.6. The molecule has 0 bridgehead atoms. The van der Waals surface area contributed by atoms with Gasteiger partial charge in [-0.25, -0.2) is 9.98 Å². The number of rotatable bonds is 14. The lowest BCUT2D eigenvalue weighted by molar-refractivity contribution is -0.166. The molecule has 15 rings (SSSR count). The van der Waals surface area contributed by atoms with Crippen LogP contribution in [0.1, 0.15) is 122 Å². The molecule has 6 saturated carbocycles. The lowest BCUT2D eigenvalue weighted by atomic mass is 9.64. The Morgan fingerprint density at radius 3 is 0.911 bits per heavy atom. The van der Waals surface area contributed by atoms with Crippen molar-refractivity contribution in [2.75, 3.05) is 0 Å². The summed E-state index contributed by atoms with van der Waals surface area (Å²) in [5.41, 5.74) is -1.78.